The molecule has 2 nitrogen and oxygen atoms in total. The van der Waals surface area contributed by atoms with Gasteiger partial charge < -0.3 is 8.80 Å². The van der Waals surface area contributed by atoms with E-state index in [9.17, 15) is 0 Å². The monoisotopic (exact) mass is 704 g/mol. The first-order valence-electron chi connectivity index (χ1n) is 19.8. The number of hydrogen-bond donors (Lipinski definition) is 0. The average molecular weight is 704 g/mol. The minimum atomic E-state index is 0.0836. The molecule has 3 aromatic heterocycles. The van der Waals surface area contributed by atoms with Crippen LogP contribution in [0.2, 0.25) is 0 Å². The summed E-state index contributed by atoms with van der Waals surface area (Å²) < 4.78 is 5.24. The van der Waals surface area contributed by atoms with E-state index in [0.717, 1.165) is 0 Å². The third-order valence-corrected chi connectivity index (χ3v) is 13.4. The summed E-state index contributed by atoms with van der Waals surface area (Å²) in [6, 6.07) is 68.8. The molecule has 13 aromatic rings. The Kier molecular flexibility index (Phi) is 5.44. The molecule has 0 N–H and O–H groups in total. The standard InChI is InChI=1S/C52H30B2N2/c1-3-15-31(16-4-1)53-41-25-9-10-26-42(41)54(32-17-5-2-6-18-32)48-38-22-14-24-40-46(38)45-37(47(48)53)21-13-23-39(45)51-52(40)56-44-28-12-8-20-34(44)36-30-29-35-33-19-7-11-27-43(33)55(51)49(35)50(36)56/h1-30H. The summed E-state index contributed by atoms with van der Waals surface area (Å²) in [5, 5.41) is 13.2. The Morgan fingerprint density at radius 1 is 0.268 bits per heavy atom. The van der Waals surface area contributed by atoms with Crippen molar-refractivity contribution in [2.24, 2.45) is 0 Å². The van der Waals surface area contributed by atoms with Crippen LogP contribution in [0.15, 0.2) is 182 Å². The Balaban J connectivity index is 1.30. The number of nitrogens with zero attached hydrogens (tertiary/aromatic N) is 2. The molecule has 0 atom stereocenters. The zero-order chi connectivity index (χ0) is 36.2. The molecule has 4 heterocycles. The van der Waals surface area contributed by atoms with Crippen molar-refractivity contribution in [1.29, 1.82) is 0 Å². The van der Waals surface area contributed by atoms with Gasteiger partial charge in [-0.2, -0.15) is 0 Å². The molecule has 1 aliphatic rings. The lowest BCUT2D eigenvalue weighted by Crippen LogP contribution is -2.75. The number of aromatic nitrogens is 2. The van der Waals surface area contributed by atoms with Gasteiger partial charge in [0.25, 0.3) is 0 Å². The normalized spacial score (nSPS) is 13.3. The van der Waals surface area contributed by atoms with E-state index in [1.54, 1.807) is 0 Å². The molecule has 14 rings (SSSR count). The molecule has 0 spiro atoms. The van der Waals surface area contributed by atoms with Crippen LogP contribution in [-0.2, 0) is 0 Å². The van der Waals surface area contributed by atoms with Crippen LogP contribution < -0.4 is 32.8 Å². The van der Waals surface area contributed by atoms with Crippen LogP contribution in [0.25, 0.3) is 87.0 Å². The Hall–Kier alpha value is -7.03. The van der Waals surface area contributed by atoms with E-state index in [2.05, 4.69) is 191 Å². The van der Waals surface area contributed by atoms with Crippen LogP contribution in [0, 0.1) is 0 Å². The molecule has 0 aliphatic carbocycles. The van der Waals surface area contributed by atoms with E-state index < -0.39 is 0 Å². The highest BCUT2D eigenvalue weighted by molar-refractivity contribution is 7.13. The lowest BCUT2D eigenvalue weighted by atomic mass is 9.20. The van der Waals surface area contributed by atoms with Gasteiger partial charge in [0.1, 0.15) is 0 Å². The van der Waals surface area contributed by atoms with Gasteiger partial charge in [0.05, 0.1) is 33.1 Å². The lowest BCUT2D eigenvalue weighted by molar-refractivity contribution is 1.27. The molecule has 56 heavy (non-hydrogen) atoms. The van der Waals surface area contributed by atoms with Crippen LogP contribution in [0.1, 0.15) is 0 Å². The third-order valence-electron chi connectivity index (χ3n) is 13.4. The van der Waals surface area contributed by atoms with Gasteiger partial charge in [-0.3, -0.25) is 0 Å². The van der Waals surface area contributed by atoms with Crippen molar-refractivity contribution in [3.8, 4) is 0 Å². The summed E-state index contributed by atoms with van der Waals surface area (Å²) in [6.45, 7) is 0.167. The summed E-state index contributed by atoms with van der Waals surface area (Å²) in [6.07, 6.45) is 0. The van der Waals surface area contributed by atoms with Gasteiger partial charge in [0, 0.05) is 32.3 Å². The largest absolute Gasteiger partial charge is 0.304 e. The Morgan fingerprint density at radius 2 is 0.625 bits per heavy atom. The first-order valence-corrected chi connectivity index (χ1v) is 19.8. The van der Waals surface area contributed by atoms with E-state index in [-0.39, 0.29) is 13.4 Å². The summed E-state index contributed by atoms with van der Waals surface area (Å²) in [7, 11) is 0. The molecular weight excluding hydrogens is 674 g/mol. The second-order valence-corrected chi connectivity index (χ2v) is 15.9. The predicted molar refractivity (Wildman–Crippen MR) is 242 cm³/mol. The quantitative estimate of drug-likeness (QED) is 0.0971. The zero-order valence-electron chi connectivity index (χ0n) is 30.4. The fourth-order valence-corrected chi connectivity index (χ4v) is 11.4. The molecule has 0 saturated carbocycles. The number of benzene rings is 10. The van der Waals surface area contributed by atoms with Crippen LogP contribution in [0.4, 0.5) is 0 Å². The number of para-hydroxylation sites is 2. The van der Waals surface area contributed by atoms with Gasteiger partial charge in [0.15, 0.2) is 0 Å². The van der Waals surface area contributed by atoms with Gasteiger partial charge >= 0.3 is 0 Å². The molecule has 0 saturated heterocycles. The Bertz CT molecular complexity index is 3520. The summed E-state index contributed by atoms with van der Waals surface area (Å²) >= 11 is 0. The van der Waals surface area contributed by atoms with Crippen LogP contribution in [0.5, 0.6) is 0 Å². The first kappa shape index (κ1) is 29.3. The van der Waals surface area contributed by atoms with Crippen molar-refractivity contribution in [2.45, 2.75) is 0 Å². The minimum Gasteiger partial charge on any atom is -0.304 e. The van der Waals surface area contributed by atoms with E-state index in [4.69, 9.17) is 0 Å². The molecule has 0 bridgehead atoms. The van der Waals surface area contributed by atoms with E-state index in [0.29, 0.717) is 0 Å². The SMILES string of the molecule is c1ccc(B2c3ccccc3B(c3ccccc3)c3c2c2cccc4c2c2c3cccc2c2c4n3c4ccccc4c4ccc5c6ccccc6n2c5c43)cc1. The number of hydrogen-bond acceptors (Lipinski definition) is 0. The van der Waals surface area contributed by atoms with Crippen molar-refractivity contribution in [3.63, 3.8) is 0 Å². The molecular formula is C52H30B2N2. The van der Waals surface area contributed by atoms with Gasteiger partial charge in [-0.1, -0.05) is 203 Å². The lowest BCUT2D eigenvalue weighted by Gasteiger charge is -2.35. The van der Waals surface area contributed by atoms with Crippen molar-refractivity contribution < 1.29 is 0 Å². The van der Waals surface area contributed by atoms with Crippen molar-refractivity contribution in [1.82, 2.24) is 8.80 Å². The molecule has 0 radical (unpaired) electrons. The Labute approximate surface area is 322 Å². The average Bonchev–Trinajstić information content (AvgIpc) is 3.78. The van der Waals surface area contributed by atoms with E-state index in [1.807, 2.05) is 0 Å². The third kappa shape index (κ3) is 3.40. The van der Waals surface area contributed by atoms with Crippen LogP contribution in [-0.4, -0.2) is 22.2 Å². The second kappa shape index (κ2) is 10.4. The summed E-state index contributed by atoms with van der Waals surface area (Å²) in [5.41, 5.74) is 16.0. The first-order chi connectivity index (χ1) is 27.9. The molecule has 254 valence electrons. The zero-order valence-corrected chi connectivity index (χ0v) is 30.4. The van der Waals surface area contributed by atoms with Crippen molar-refractivity contribution in [3.05, 3.63) is 182 Å². The summed E-state index contributed by atoms with van der Waals surface area (Å²) in [5.74, 6) is 0. The van der Waals surface area contributed by atoms with E-state index in [1.165, 1.54) is 120 Å². The maximum atomic E-state index is 2.62. The van der Waals surface area contributed by atoms with Crippen molar-refractivity contribution in [2.75, 3.05) is 0 Å². The fourth-order valence-electron chi connectivity index (χ4n) is 11.4. The van der Waals surface area contributed by atoms with Gasteiger partial charge in [-0.15, -0.1) is 0 Å². The molecule has 0 unspecified atom stereocenters. The highest BCUT2D eigenvalue weighted by Gasteiger charge is 2.41. The smallest absolute Gasteiger partial charge is 0.240 e. The molecule has 0 amide bonds. The van der Waals surface area contributed by atoms with Gasteiger partial charge in [-0.25, -0.2) is 0 Å². The highest BCUT2D eigenvalue weighted by atomic mass is 15.0. The maximum absolute atomic E-state index is 2.62. The van der Waals surface area contributed by atoms with Crippen LogP contribution >= 0.6 is 0 Å². The van der Waals surface area contributed by atoms with Crippen LogP contribution in [0.3, 0.4) is 0 Å². The Morgan fingerprint density at radius 3 is 1.09 bits per heavy atom. The maximum Gasteiger partial charge on any atom is 0.240 e. The molecule has 10 aromatic carbocycles. The highest BCUT2D eigenvalue weighted by Crippen LogP contribution is 2.47. The second-order valence-electron chi connectivity index (χ2n) is 15.9. The summed E-state index contributed by atoms with van der Waals surface area (Å²) in [4.78, 5) is 0. The van der Waals surface area contributed by atoms with E-state index >= 15 is 0 Å². The van der Waals surface area contributed by atoms with Crippen molar-refractivity contribution >= 4 is 133 Å². The van der Waals surface area contributed by atoms with Gasteiger partial charge in [-0.05, 0) is 33.7 Å². The topological polar surface area (TPSA) is 8.82 Å². The molecule has 1 aliphatic heterocycles. The number of fused-ring (bicyclic) bond motifs is 15. The van der Waals surface area contributed by atoms with Gasteiger partial charge in [0.2, 0.25) is 13.4 Å². The molecule has 4 heteroatoms. The predicted octanol–water partition coefficient (Wildman–Crippen LogP) is 8.49. The fraction of sp³-hybridized carbons (Fsp3) is 0. The number of rotatable bonds is 2. The molecule has 0 fully saturated rings. The minimum absolute atomic E-state index is 0.0836.